The molecule has 6 heteroatoms. The van der Waals surface area contributed by atoms with Gasteiger partial charge in [-0.3, -0.25) is 0 Å². The van der Waals surface area contributed by atoms with Gasteiger partial charge in [0.05, 0.1) is 6.07 Å². The van der Waals surface area contributed by atoms with Gasteiger partial charge in [0.2, 0.25) is 0 Å². The Labute approximate surface area is 73.8 Å². The molecule has 0 amide bonds. The Morgan fingerprint density at radius 3 is 2.08 bits per heavy atom. The van der Waals surface area contributed by atoms with E-state index in [0.717, 1.165) is 4.57 Å². The molecule has 70 valence electrons. The molecule has 6 nitrogen and oxygen atoms in total. The van der Waals surface area contributed by atoms with Crippen molar-refractivity contribution in [3.05, 3.63) is 21.0 Å². The molecule has 1 aromatic heterocycles. The van der Waals surface area contributed by atoms with E-state index < -0.39 is 17.4 Å². The Morgan fingerprint density at radius 1 is 1.31 bits per heavy atom. The Bertz CT molecular complexity index is 403. The molecule has 0 aliphatic heterocycles. The summed E-state index contributed by atoms with van der Waals surface area (Å²) in [4.78, 5) is 22.1. The summed E-state index contributed by atoms with van der Waals surface area (Å²) >= 11 is 0. The van der Waals surface area contributed by atoms with Gasteiger partial charge in [-0.1, -0.05) is 13.8 Å². The molecule has 13 heavy (non-hydrogen) atoms. The number of rotatable bonds is 2. The summed E-state index contributed by atoms with van der Waals surface area (Å²) in [5.41, 5.74) is -1.16. The van der Waals surface area contributed by atoms with Crippen molar-refractivity contribution in [1.29, 1.82) is 5.26 Å². The lowest BCUT2D eigenvalue weighted by molar-refractivity contribution is 0.440. The largest absolute Gasteiger partial charge is 0.345 e. The summed E-state index contributed by atoms with van der Waals surface area (Å²) < 4.78 is 0.880. The first-order valence-electron chi connectivity index (χ1n) is 3.86. The SMILES string of the molecule is CC(C)C(C#N)n1c(=O)[nH][nH]c1=O. The maximum atomic E-state index is 11.1. The predicted molar refractivity (Wildman–Crippen MR) is 45.2 cm³/mol. The summed E-state index contributed by atoms with van der Waals surface area (Å²) in [6.45, 7) is 3.54. The number of aromatic amines is 2. The fourth-order valence-corrected chi connectivity index (χ4v) is 1.08. The predicted octanol–water partition coefficient (Wildman–Crippen LogP) is -0.415. The highest BCUT2D eigenvalue weighted by Gasteiger charge is 2.19. The maximum Gasteiger partial charge on any atom is 0.345 e. The zero-order chi connectivity index (χ0) is 10.0. The average Bonchev–Trinajstić information content (AvgIpc) is 2.36. The first-order chi connectivity index (χ1) is 6.07. The van der Waals surface area contributed by atoms with Crippen LogP contribution in [0.3, 0.4) is 0 Å². The first kappa shape index (κ1) is 9.32. The number of nitriles is 1. The van der Waals surface area contributed by atoms with Crippen molar-refractivity contribution in [2.24, 2.45) is 5.92 Å². The Hall–Kier alpha value is -1.77. The van der Waals surface area contributed by atoms with E-state index in [1.54, 1.807) is 13.8 Å². The third-order valence-corrected chi connectivity index (χ3v) is 1.76. The van der Waals surface area contributed by atoms with Crippen LogP contribution in [0.5, 0.6) is 0 Å². The minimum absolute atomic E-state index is 0.0837. The van der Waals surface area contributed by atoms with Crippen LogP contribution < -0.4 is 11.4 Å². The summed E-state index contributed by atoms with van der Waals surface area (Å²) in [7, 11) is 0. The van der Waals surface area contributed by atoms with Crippen molar-refractivity contribution in [1.82, 2.24) is 14.8 Å². The van der Waals surface area contributed by atoms with Crippen LogP contribution in [-0.2, 0) is 0 Å². The zero-order valence-electron chi connectivity index (χ0n) is 7.37. The lowest BCUT2D eigenvalue weighted by atomic mass is 10.1. The molecule has 0 aliphatic carbocycles. The Morgan fingerprint density at radius 2 is 1.77 bits per heavy atom. The quantitative estimate of drug-likeness (QED) is 0.650. The minimum atomic E-state index is -0.720. The highest BCUT2D eigenvalue weighted by atomic mass is 16.2. The van der Waals surface area contributed by atoms with E-state index in [1.165, 1.54) is 0 Å². The van der Waals surface area contributed by atoms with Crippen LogP contribution in [0.15, 0.2) is 9.59 Å². The van der Waals surface area contributed by atoms with Crippen LogP contribution >= 0.6 is 0 Å². The molecule has 0 saturated heterocycles. The second-order valence-electron chi connectivity index (χ2n) is 3.05. The molecule has 0 aromatic carbocycles. The third-order valence-electron chi connectivity index (χ3n) is 1.76. The molecule has 0 aliphatic rings. The fraction of sp³-hybridized carbons (Fsp3) is 0.571. The third kappa shape index (κ3) is 1.54. The summed E-state index contributed by atoms with van der Waals surface area (Å²) in [6, 6.07) is 1.19. The molecule has 0 radical (unpaired) electrons. The second kappa shape index (κ2) is 3.31. The van der Waals surface area contributed by atoms with E-state index in [2.05, 4.69) is 10.2 Å². The standard InChI is InChI=1S/C7H10N4O2/c1-4(2)5(3-8)11-6(12)9-10-7(11)13/h4-5H,1-2H3,(H,9,12)(H,10,13). The van der Waals surface area contributed by atoms with E-state index in [1.807, 2.05) is 6.07 Å². The minimum Gasteiger partial charge on any atom is -0.247 e. The van der Waals surface area contributed by atoms with Crippen LogP contribution in [0, 0.1) is 17.2 Å². The number of hydrogen-bond donors (Lipinski definition) is 2. The molecule has 1 unspecified atom stereocenters. The number of nitrogens with zero attached hydrogens (tertiary/aromatic N) is 2. The van der Waals surface area contributed by atoms with Gasteiger partial charge >= 0.3 is 11.4 Å². The van der Waals surface area contributed by atoms with Crippen molar-refractivity contribution >= 4 is 0 Å². The first-order valence-corrected chi connectivity index (χ1v) is 3.86. The van der Waals surface area contributed by atoms with E-state index in [9.17, 15) is 9.59 Å². The molecule has 0 fully saturated rings. The molecular formula is C7H10N4O2. The molecule has 1 aromatic rings. The van der Waals surface area contributed by atoms with Crippen molar-refractivity contribution in [3.8, 4) is 6.07 Å². The molecule has 1 rings (SSSR count). The molecule has 0 spiro atoms. The van der Waals surface area contributed by atoms with E-state index in [0.29, 0.717) is 0 Å². The van der Waals surface area contributed by atoms with Crippen LogP contribution in [0.4, 0.5) is 0 Å². The van der Waals surface area contributed by atoms with Crippen LogP contribution in [0.25, 0.3) is 0 Å². The van der Waals surface area contributed by atoms with E-state index in [4.69, 9.17) is 5.26 Å². The monoisotopic (exact) mass is 182 g/mol. The molecule has 1 heterocycles. The van der Waals surface area contributed by atoms with Crippen molar-refractivity contribution in [2.45, 2.75) is 19.9 Å². The number of aromatic nitrogens is 3. The van der Waals surface area contributed by atoms with Crippen molar-refractivity contribution in [2.75, 3.05) is 0 Å². The van der Waals surface area contributed by atoms with Gasteiger partial charge in [0.25, 0.3) is 0 Å². The number of H-pyrrole nitrogens is 2. The molecule has 0 bridgehead atoms. The topological polar surface area (TPSA) is 94.4 Å². The average molecular weight is 182 g/mol. The second-order valence-corrected chi connectivity index (χ2v) is 3.05. The molecule has 0 saturated carbocycles. The zero-order valence-corrected chi connectivity index (χ0v) is 7.37. The fourth-order valence-electron chi connectivity index (χ4n) is 1.08. The Balaban J connectivity index is 3.29. The lowest BCUT2D eigenvalue weighted by Crippen LogP contribution is -2.32. The van der Waals surface area contributed by atoms with Crippen molar-refractivity contribution in [3.63, 3.8) is 0 Å². The maximum absolute atomic E-state index is 11.1. The molecular weight excluding hydrogens is 172 g/mol. The van der Waals surface area contributed by atoms with Gasteiger partial charge in [-0.05, 0) is 5.92 Å². The number of nitrogens with one attached hydrogen (secondary N) is 2. The Kier molecular flexibility index (Phi) is 2.37. The van der Waals surface area contributed by atoms with Gasteiger partial charge in [0, 0.05) is 0 Å². The van der Waals surface area contributed by atoms with Crippen molar-refractivity contribution < 1.29 is 0 Å². The lowest BCUT2D eigenvalue weighted by Gasteiger charge is -2.10. The van der Waals surface area contributed by atoms with Gasteiger partial charge in [0.1, 0.15) is 6.04 Å². The highest BCUT2D eigenvalue weighted by Crippen LogP contribution is 2.11. The van der Waals surface area contributed by atoms with E-state index >= 15 is 0 Å². The summed E-state index contributed by atoms with van der Waals surface area (Å²) in [5, 5.41) is 13.0. The van der Waals surface area contributed by atoms with Gasteiger partial charge in [-0.15, -0.1) is 0 Å². The smallest absolute Gasteiger partial charge is 0.247 e. The normalized spacial score (nSPS) is 12.8. The van der Waals surface area contributed by atoms with Gasteiger partial charge in [0.15, 0.2) is 0 Å². The van der Waals surface area contributed by atoms with Gasteiger partial charge < -0.3 is 0 Å². The van der Waals surface area contributed by atoms with Gasteiger partial charge in [-0.2, -0.15) is 5.26 Å². The van der Waals surface area contributed by atoms with Crippen LogP contribution in [0.1, 0.15) is 19.9 Å². The van der Waals surface area contributed by atoms with Crippen LogP contribution in [-0.4, -0.2) is 14.8 Å². The number of hydrogen-bond acceptors (Lipinski definition) is 3. The highest BCUT2D eigenvalue weighted by molar-refractivity contribution is 4.92. The van der Waals surface area contributed by atoms with Crippen LogP contribution in [0.2, 0.25) is 0 Å². The summed E-state index contributed by atoms with van der Waals surface area (Å²) in [6.07, 6.45) is 0. The summed E-state index contributed by atoms with van der Waals surface area (Å²) in [5.74, 6) is -0.0837. The molecule has 1 atom stereocenters. The van der Waals surface area contributed by atoms with Gasteiger partial charge in [-0.25, -0.2) is 24.4 Å². The van der Waals surface area contributed by atoms with E-state index in [-0.39, 0.29) is 5.92 Å². The molecule has 2 N–H and O–H groups in total.